The molecule has 1 unspecified atom stereocenters. The third-order valence-corrected chi connectivity index (χ3v) is 5.61. The van der Waals surface area contributed by atoms with Gasteiger partial charge in [0.05, 0.1) is 5.92 Å². The molecule has 1 aromatic heterocycles. The second-order valence-corrected chi connectivity index (χ2v) is 11.3. The summed E-state index contributed by atoms with van der Waals surface area (Å²) in [4.78, 5) is 12.5. The Hall–Kier alpha value is -2.06. The number of ether oxygens (including phenoxy) is 2. The summed E-state index contributed by atoms with van der Waals surface area (Å²) >= 11 is 2.22. The standard InChI is InChI=1S/C24H28INO4/c1-23(2,15-28-22(27)19(14-26)24(3,4)25)30-18-11-10-17-12-20(29-21(17)13-18)16-8-6-5-7-9-16/h5-13,19H,14-15,26H2,1-4H3. The molecule has 160 valence electrons. The third-order valence-electron chi connectivity index (χ3n) is 4.85. The number of carbonyl (C=O) groups is 1. The highest BCUT2D eigenvalue weighted by molar-refractivity contribution is 14.1. The Morgan fingerprint density at radius 1 is 1.10 bits per heavy atom. The first-order chi connectivity index (χ1) is 14.1. The highest BCUT2D eigenvalue weighted by atomic mass is 127. The number of fused-ring (bicyclic) bond motifs is 1. The van der Waals surface area contributed by atoms with Crippen molar-refractivity contribution in [3.8, 4) is 17.1 Å². The van der Waals surface area contributed by atoms with Gasteiger partial charge in [0.2, 0.25) is 0 Å². The minimum Gasteiger partial charge on any atom is -0.484 e. The Bertz CT molecular complexity index is 1000. The number of halogens is 1. The number of rotatable bonds is 8. The Balaban J connectivity index is 1.69. The van der Waals surface area contributed by atoms with Crippen LogP contribution < -0.4 is 10.5 Å². The van der Waals surface area contributed by atoms with Crippen LogP contribution in [0.1, 0.15) is 27.7 Å². The van der Waals surface area contributed by atoms with Crippen LogP contribution >= 0.6 is 22.6 Å². The Morgan fingerprint density at radius 3 is 2.43 bits per heavy atom. The van der Waals surface area contributed by atoms with Crippen LogP contribution in [-0.4, -0.2) is 28.1 Å². The zero-order valence-electron chi connectivity index (χ0n) is 17.8. The van der Waals surface area contributed by atoms with Gasteiger partial charge >= 0.3 is 5.97 Å². The minimum atomic E-state index is -0.702. The summed E-state index contributed by atoms with van der Waals surface area (Å²) in [5.41, 5.74) is 6.84. The smallest absolute Gasteiger partial charge is 0.311 e. The molecule has 0 aliphatic carbocycles. The SMILES string of the molecule is CC(C)(COC(=O)C(CN)C(C)(C)I)Oc1ccc2cc(-c3ccccc3)oc2c1. The van der Waals surface area contributed by atoms with Crippen molar-refractivity contribution in [2.24, 2.45) is 11.7 Å². The lowest BCUT2D eigenvalue weighted by Gasteiger charge is -2.29. The van der Waals surface area contributed by atoms with E-state index in [1.807, 2.05) is 82.3 Å². The first-order valence-electron chi connectivity index (χ1n) is 9.93. The first kappa shape index (κ1) is 22.6. The fraction of sp³-hybridized carbons (Fsp3) is 0.375. The monoisotopic (exact) mass is 521 g/mol. The van der Waals surface area contributed by atoms with E-state index in [4.69, 9.17) is 19.6 Å². The molecule has 0 amide bonds. The van der Waals surface area contributed by atoms with Crippen LogP contribution in [0, 0.1) is 5.92 Å². The largest absolute Gasteiger partial charge is 0.484 e. The van der Waals surface area contributed by atoms with Crippen molar-refractivity contribution in [2.75, 3.05) is 13.2 Å². The molecule has 0 spiro atoms. The molecule has 0 saturated heterocycles. The number of nitrogens with two attached hydrogens (primary N) is 1. The van der Waals surface area contributed by atoms with E-state index in [1.54, 1.807) is 0 Å². The maximum Gasteiger partial charge on any atom is 0.311 e. The molecule has 0 radical (unpaired) electrons. The number of carbonyl (C=O) groups excluding carboxylic acids is 1. The molecule has 1 heterocycles. The lowest BCUT2D eigenvalue weighted by Crippen LogP contribution is -2.42. The molecule has 1 atom stereocenters. The number of hydrogen-bond donors (Lipinski definition) is 1. The average Bonchev–Trinajstić information content (AvgIpc) is 3.10. The Kier molecular flexibility index (Phi) is 6.77. The summed E-state index contributed by atoms with van der Waals surface area (Å²) in [6, 6.07) is 17.7. The summed E-state index contributed by atoms with van der Waals surface area (Å²) in [6.07, 6.45) is 0. The highest BCUT2D eigenvalue weighted by Crippen LogP contribution is 2.32. The van der Waals surface area contributed by atoms with E-state index in [9.17, 15) is 4.79 Å². The van der Waals surface area contributed by atoms with E-state index in [1.165, 1.54) is 0 Å². The molecular weight excluding hydrogens is 493 g/mol. The topological polar surface area (TPSA) is 74.7 Å². The Morgan fingerprint density at radius 2 is 1.80 bits per heavy atom. The quantitative estimate of drug-likeness (QED) is 0.238. The van der Waals surface area contributed by atoms with Crippen molar-refractivity contribution in [1.29, 1.82) is 0 Å². The van der Waals surface area contributed by atoms with Crippen molar-refractivity contribution >= 4 is 39.5 Å². The molecule has 0 aliphatic heterocycles. The number of hydrogen-bond acceptors (Lipinski definition) is 5. The van der Waals surface area contributed by atoms with Crippen LogP contribution in [0.3, 0.4) is 0 Å². The molecule has 0 saturated carbocycles. The second-order valence-electron chi connectivity index (χ2n) is 8.50. The summed E-state index contributed by atoms with van der Waals surface area (Å²) in [5.74, 6) is 0.791. The van der Waals surface area contributed by atoms with E-state index in [0.717, 1.165) is 22.3 Å². The number of furan rings is 1. The zero-order valence-corrected chi connectivity index (χ0v) is 19.9. The van der Waals surface area contributed by atoms with E-state index in [-0.39, 0.29) is 28.5 Å². The maximum absolute atomic E-state index is 12.5. The summed E-state index contributed by atoms with van der Waals surface area (Å²) in [5, 5.41) is 1.00. The van der Waals surface area contributed by atoms with Crippen LogP contribution in [0.2, 0.25) is 0 Å². The average molecular weight is 521 g/mol. The molecule has 0 aliphatic rings. The molecule has 6 heteroatoms. The molecule has 3 rings (SSSR count). The highest BCUT2D eigenvalue weighted by Gasteiger charge is 2.34. The molecule has 2 N–H and O–H groups in total. The van der Waals surface area contributed by atoms with Crippen molar-refractivity contribution in [1.82, 2.24) is 0 Å². The normalized spacial score (nSPS) is 13.3. The molecule has 30 heavy (non-hydrogen) atoms. The van der Waals surface area contributed by atoms with E-state index >= 15 is 0 Å². The second kappa shape index (κ2) is 8.98. The van der Waals surface area contributed by atoms with Crippen LogP contribution in [0.15, 0.2) is 59.0 Å². The van der Waals surface area contributed by atoms with Gasteiger partial charge in [0, 0.05) is 27.0 Å². The zero-order chi connectivity index (χ0) is 21.9. The van der Waals surface area contributed by atoms with Gasteiger partial charge in [-0.05, 0) is 45.9 Å². The van der Waals surface area contributed by atoms with E-state index in [0.29, 0.717) is 5.75 Å². The molecule has 0 bridgehead atoms. The van der Waals surface area contributed by atoms with Gasteiger partial charge in [-0.15, -0.1) is 0 Å². The molecule has 5 nitrogen and oxygen atoms in total. The maximum atomic E-state index is 12.5. The lowest BCUT2D eigenvalue weighted by atomic mass is 9.96. The molecular formula is C24H28INO4. The molecule has 3 aromatic rings. The number of benzene rings is 2. The van der Waals surface area contributed by atoms with Crippen LogP contribution in [0.5, 0.6) is 5.75 Å². The first-order valence-corrected chi connectivity index (χ1v) is 11.0. The van der Waals surface area contributed by atoms with Gasteiger partial charge in [-0.3, -0.25) is 4.79 Å². The third kappa shape index (κ3) is 5.55. The van der Waals surface area contributed by atoms with Crippen molar-refractivity contribution in [3.05, 3.63) is 54.6 Å². The Labute approximate surface area is 191 Å². The van der Waals surface area contributed by atoms with Gasteiger partial charge in [-0.1, -0.05) is 52.9 Å². The van der Waals surface area contributed by atoms with Crippen molar-refractivity contribution in [2.45, 2.75) is 36.7 Å². The summed E-state index contributed by atoms with van der Waals surface area (Å²) in [7, 11) is 0. The van der Waals surface area contributed by atoms with Crippen LogP contribution in [-0.2, 0) is 9.53 Å². The van der Waals surface area contributed by atoms with Gasteiger partial charge in [0.15, 0.2) is 0 Å². The van der Waals surface area contributed by atoms with Gasteiger partial charge in [0.1, 0.15) is 29.3 Å². The number of esters is 1. The fourth-order valence-corrected chi connectivity index (χ4v) is 3.68. The van der Waals surface area contributed by atoms with Gasteiger partial charge < -0.3 is 19.6 Å². The molecule has 0 fully saturated rings. The molecule has 2 aromatic carbocycles. The minimum absolute atomic E-state index is 0.126. The summed E-state index contributed by atoms with van der Waals surface area (Å²) < 4.78 is 17.4. The van der Waals surface area contributed by atoms with Gasteiger partial charge in [-0.2, -0.15) is 0 Å². The summed E-state index contributed by atoms with van der Waals surface area (Å²) in [6.45, 7) is 8.07. The van der Waals surface area contributed by atoms with Crippen molar-refractivity contribution < 1.29 is 18.7 Å². The number of alkyl halides is 1. The van der Waals surface area contributed by atoms with Crippen LogP contribution in [0.25, 0.3) is 22.3 Å². The van der Waals surface area contributed by atoms with Crippen LogP contribution in [0.4, 0.5) is 0 Å². The van der Waals surface area contributed by atoms with Crippen molar-refractivity contribution in [3.63, 3.8) is 0 Å². The predicted octanol–water partition coefficient (Wildman–Crippen LogP) is 5.59. The van der Waals surface area contributed by atoms with E-state index in [2.05, 4.69) is 22.6 Å². The predicted molar refractivity (Wildman–Crippen MR) is 128 cm³/mol. The fourth-order valence-electron chi connectivity index (χ4n) is 3.17. The lowest BCUT2D eigenvalue weighted by molar-refractivity contribution is -0.154. The van der Waals surface area contributed by atoms with E-state index < -0.39 is 5.60 Å². The van der Waals surface area contributed by atoms with Gasteiger partial charge in [-0.25, -0.2) is 0 Å². The van der Waals surface area contributed by atoms with Gasteiger partial charge in [0.25, 0.3) is 0 Å².